The fourth-order valence-corrected chi connectivity index (χ4v) is 2.34. The molecular weight excluding hydrogens is 410 g/mol. The van der Waals surface area contributed by atoms with E-state index in [4.69, 9.17) is 5.73 Å². The van der Waals surface area contributed by atoms with Crippen molar-refractivity contribution in [1.29, 1.82) is 0 Å². The van der Waals surface area contributed by atoms with E-state index in [0.29, 0.717) is 0 Å². The lowest BCUT2D eigenvalue weighted by Gasteiger charge is -2.08. The number of pyridine rings is 2. The molecule has 2 N–H and O–H groups in total. The van der Waals surface area contributed by atoms with E-state index in [1.54, 1.807) is 0 Å². The van der Waals surface area contributed by atoms with Crippen molar-refractivity contribution in [1.82, 2.24) is 9.97 Å². The van der Waals surface area contributed by atoms with Gasteiger partial charge in [-0.15, -0.1) is 0 Å². The summed E-state index contributed by atoms with van der Waals surface area (Å²) in [5.41, 5.74) is 2.20. The van der Waals surface area contributed by atoms with Gasteiger partial charge in [-0.05, 0) is 23.8 Å². The van der Waals surface area contributed by atoms with Crippen LogP contribution in [0.3, 0.4) is 0 Å². The molecule has 29 heavy (non-hydrogen) atoms. The lowest BCUT2D eigenvalue weighted by Crippen LogP contribution is -2.04. The van der Waals surface area contributed by atoms with Crippen LogP contribution in [0.25, 0.3) is 11.1 Å². The van der Waals surface area contributed by atoms with Crippen LogP contribution >= 0.6 is 0 Å². The number of benzene rings is 1. The number of rotatable bonds is 1. The highest BCUT2D eigenvalue weighted by Crippen LogP contribution is 2.30. The monoisotopic (exact) mass is 415 g/mol. The molecule has 11 heteroatoms. The Hall–Kier alpha value is -3.68. The molecule has 0 aliphatic carbocycles. The highest BCUT2D eigenvalue weighted by Gasteiger charge is 2.23. The molecule has 0 radical (unpaired) electrons. The number of nitrogens with two attached hydrogens (primary N) is 1. The molecule has 3 aromatic rings. The molecule has 0 aliphatic rings. The maximum atomic E-state index is 13.9. The summed E-state index contributed by atoms with van der Waals surface area (Å²) < 4.78 is 108. The van der Waals surface area contributed by atoms with Crippen molar-refractivity contribution in [3.8, 4) is 23.0 Å². The maximum Gasteiger partial charge on any atom is 0.253 e. The van der Waals surface area contributed by atoms with E-state index < -0.39 is 63.8 Å². The smallest absolute Gasteiger partial charge is 0.253 e. The molecule has 0 fully saturated rings. The molecule has 2 heterocycles. The predicted octanol–water partition coefficient (Wildman–Crippen LogP) is 4.24. The fraction of sp³-hybridized carbons (Fsp3) is 0. The molecule has 0 saturated heterocycles. The zero-order chi connectivity index (χ0) is 21.5. The molecule has 0 aliphatic heterocycles. The summed E-state index contributed by atoms with van der Waals surface area (Å²) in [6.07, 6.45) is 0. The first-order chi connectivity index (χ1) is 13.6. The average molecular weight is 415 g/mol. The Morgan fingerprint density at radius 1 is 0.621 bits per heavy atom. The van der Waals surface area contributed by atoms with Gasteiger partial charge in [0.1, 0.15) is 5.56 Å². The molecule has 0 spiro atoms. The van der Waals surface area contributed by atoms with Gasteiger partial charge in [-0.3, -0.25) is 0 Å². The van der Waals surface area contributed by atoms with Gasteiger partial charge < -0.3 is 5.73 Å². The van der Waals surface area contributed by atoms with Crippen LogP contribution < -0.4 is 5.73 Å². The van der Waals surface area contributed by atoms with E-state index in [0.717, 1.165) is 18.2 Å². The number of hydrogen-bond acceptors (Lipinski definition) is 3. The van der Waals surface area contributed by atoms with Gasteiger partial charge in [-0.2, -0.15) is 27.5 Å². The van der Waals surface area contributed by atoms with Crippen LogP contribution in [0.15, 0.2) is 18.2 Å². The maximum absolute atomic E-state index is 13.9. The summed E-state index contributed by atoms with van der Waals surface area (Å²) in [6.45, 7) is 0. The van der Waals surface area contributed by atoms with Gasteiger partial charge in [0.2, 0.25) is 0 Å². The standard InChI is InChI=1S/C18H5F8N3/c19-11-9(12(20)16(24)28-15(11)23)2-1-6-3-7(5-8(27)4-6)10-13(21)17(25)29-18(26)14(10)22/h3-5H,27H2. The second-order valence-electron chi connectivity index (χ2n) is 5.49. The second-order valence-corrected chi connectivity index (χ2v) is 5.49. The Balaban J connectivity index is 2.17. The molecule has 148 valence electrons. The number of anilines is 1. The summed E-state index contributed by atoms with van der Waals surface area (Å²) in [5, 5.41) is 0. The average Bonchev–Trinajstić information content (AvgIpc) is 2.65. The van der Waals surface area contributed by atoms with E-state index in [1.165, 1.54) is 0 Å². The number of nitrogens with zero attached hydrogens (tertiary/aromatic N) is 2. The molecule has 1 aromatic carbocycles. The van der Waals surface area contributed by atoms with Crippen LogP contribution in [-0.4, -0.2) is 9.97 Å². The number of hydrogen-bond donors (Lipinski definition) is 1. The summed E-state index contributed by atoms with van der Waals surface area (Å²) in [7, 11) is 0. The summed E-state index contributed by atoms with van der Waals surface area (Å²) >= 11 is 0. The molecule has 2 aromatic heterocycles. The molecule has 0 bridgehead atoms. The molecule has 3 nitrogen and oxygen atoms in total. The number of halogens is 8. The van der Waals surface area contributed by atoms with Crippen LogP contribution in [0.5, 0.6) is 0 Å². The first-order valence-electron chi connectivity index (χ1n) is 7.43. The van der Waals surface area contributed by atoms with Crippen molar-refractivity contribution in [3.05, 3.63) is 76.4 Å². The minimum atomic E-state index is -1.94. The Bertz CT molecular complexity index is 1160. The van der Waals surface area contributed by atoms with Crippen molar-refractivity contribution < 1.29 is 35.1 Å². The third-order valence-electron chi connectivity index (χ3n) is 3.57. The summed E-state index contributed by atoms with van der Waals surface area (Å²) in [6, 6.07) is 2.90. The molecule has 3 rings (SSSR count). The zero-order valence-electron chi connectivity index (χ0n) is 13.7. The lowest BCUT2D eigenvalue weighted by molar-refractivity contribution is 0.404. The van der Waals surface area contributed by atoms with E-state index >= 15 is 0 Å². The van der Waals surface area contributed by atoms with Crippen LogP contribution in [0.4, 0.5) is 40.8 Å². The Kier molecular flexibility index (Phi) is 5.11. The van der Waals surface area contributed by atoms with Crippen molar-refractivity contribution in [3.63, 3.8) is 0 Å². The predicted molar refractivity (Wildman–Crippen MR) is 84.0 cm³/mol. The summed E-state index contributed by atoms with van der Waals surface area (Å²) in [4.78, 5) is 4.77. The Labute approximate surface area is 156 Å². The molecule has 0 amide bonds. The van der Waals surface area contributed by atoms with Crippen LogP contribution in [-0.2, 0) is 0 Å². The van der Waals surface area contributed by atoms with Crippen LogP contribution in [0, 0.1) is 58.9 Å². The van der Waals surface area contributed by atoms with E-state index in [9.17, 15) is 35.1 Å². The second kappa shape index (κ2) is 7.38. The minimum absolute atomic E-state index is 0.198. The Morgan fingerprint density at radius 3 is 1.62 bits per heavy atom. The van der Waals surface area contributed by atoms with Gasteiger partial charge >= 0.3 is 0 Å². The van der Waals surface area contributed by atoms with Gasteiger partial charge in [0, 0.05) is 11.3 Å². The third kappa shape index (κ3) is 3.69. The SMILES string of the molecule is Nc1cc(C#Cc2c(F)c(F)nc(F)c2F)cc(-c2c(F)c(F)nc(F)c2F)c1. The van der Waals surface area contributed by atoms with E-state index in [1.807, 2.05) is 5.92 Å². The molecule has 0 unspecified atom stereocenters. The van der Waals surface area contributed by atoms with E-state index in [-0.39, 0.29) is 11.3 Å². The fourth-order valence-electron chi connectivity index (χ4n) is 2.34. The van der Waals surface area contributed by atoms with Crippen molar-refractivity contribution in [2.24, 2.45) is 0 Å². The Morgan fingerprint density at radius 2 is 1.10 bits per heavy atom. The first-order valence-corrected chi connectivity index (χ1v) is 7.43. The van der Waals surface area contributed by atoms with Crippen molar-refractivity contribution in [2.75, 3.05) is 5.73 Å². The van der Waals surface area contributed by atoms with Gasteiger partial charge in [-0.25, -0.2) is 17.6 Å². The molecule has 0 saturated carbocycles. The van der Waals surface area contributed by atoms with E-state index in [2.05, 4.69) is 15.9 Å². The lowest BCUT2D eigenvalue weighted by atomic mass is 10.0. The quantitative estimate of drug-likeness (QED) is 0.280. The van der Waals surface area contributed by atoms with Crippen molar-refractivity contribution >= 4 is 5.69 Å². The number of aromatic nitrogens is 2. The zero-order valence-corrected chi connectivity index (χ0v) is 13.7. The van der Waals surface area contributed by atoms with Crippen LogP contribution in [0.2, 0.25) is 0 Å². The third-order valence-corrected chi connectivity index (χ3v) is 3.57. The van der Waals surface area contributed by atoms with Gasteiger partial charge in [0.05, 0.1) is 5.56 Å². The van der Waals surface area contributed by atoms with Gasteiger partial charge in [0.15, 0.2) is 23.3 Å². The first kappa shape index (κ1) is 20.1. The molecular formula is C18H5F8N3. The van der Waals surface area contributed by atoms with Crippen LogP contribution in [0.1, 0.15) is 11.1 Å². The largest absolute Gasteiger partial charge is 0.399 e. The normalized spacial score (nSPS) is 10.6. The molecule has 0 atom stereocenters. The van der Waals surface area contributed by atoms with Gasteiger partial charge in [-0.1, -0.05) is 11.8 Å². The highest BCUT2D eigenvalue weighted by molar-refractivity contribution is 5.71. The summed E-state index contributed by atoms with van der Waals surface area (Å²) in [5.74, 6) is -11.2. The highest BCUT2D eigenvalue weighted by atomic mass is 19.2. The number of nitrogen functional groups attached to an aromatic ring is 1. The minimum Gasteiger partial charge on any atom is -0.399 e. The van der Waals surface area contributed by atoms with Crippen molar-refractivity contribution in [2.45, 2.75) is 0 Å². The van der Waals surface area contributed by atoms with Gasteiger partial charge in [0.25, 0.3) is 23.8 Å². The topological polar surface area (TPSA) is 51.8 Å².